The Labute approximate surface area is 325 Å². The SMILES string of the molecule is c1ccc(-c2ccc3c4ccc(-c5ccccc5)cc4n(-c4ccc(-c5ccc(-c6ccc(-c7ccc8c(c7)oc7ccccc78)cc6)cc5)cc4)c3c2)cc1. The lowest BCUT2D eigenvalue weighted by Crippen LogP contribution is -1.94. The van der Waals surface area contributed by atoms with Gasteiger partial charge in [0, 0.05) is 27.2 Å². The van der Waals surface area contributed by atoms with Crippen molar-refractivity contribution < 1.29 is 4.42 Å². The highest BCUT2D eigenvalue weighted by Crippen LogP contribution is 2.38. The molecule has 0 bridgehead atoms. The third-order valence-corrected chi connectivity index (χ3v) is 11.3. The van der Waals surface area contributed by atoms with Gasteiger partial charge >= 0.3 is 0 Å². The van der Waals surface area contributed by atoms with Crippen LogP contribution in [0.25, 0.3) is 105 Å². The minimum atomic E-state index is 0.917. The molecule has 262 valence electrons. The smallest absolute Gasteiger partial charge is 0.136 e. The molecule has 0 amide bonds. The quantitative estimate of drug-likeness (QED) is 0.168. The van der Waals surface area contributed by atoms with E-state index in [2.05, 4.69) is 205 Å². The maximum atomic E-state index is 6.15. The maximum Gasteiger partial charge on any atom is 0.136 e. The molecule has 2 aromatic heterocycles. The predicted octanol–water partition coefficient (Wildman–Crippen LogP) is 15.0. The van der Waals surface area contributed by atoms with Gasteiger partial charge in [-0.2, -0.15) is 0 Å². The Bertz CT molecular complexity index is 3090. The van der Waals surface area contributed by atoms with Crippen molar-refractivity contribution in [3.63, 3.8) is 0 Å². The van der Waals surface area contributed by atoms with Crippen molar-refractivity contribution in [1.82, 2.24) is 4.57 Å². The van der Waals surface area contributed by atoms with E-state index < -0.39 is 0 Å². The summed E-state index contributed by atoms with van der Waals surface area (Å²) >= 11 is 0. The van der Waals surface area contributed by atoms with Gasteiger partial charge in [-0.3, -0.25) is 0 Å². The Hall–Kier alpha value is -7.42. The average molecular weight is 714 g/mol. The molecule has 11 aromatic rings. The van der Waals surface area contributed by atoms with Crippen LogP contribution < -0.4 is 0 Å². The number of hydrogen-bond acceptors (Lipinski definition) is 1. The first-order valence-electron chi connectivity index (χ1n) is 19.2. The van der Waals surface area contributed by atoms with Crippen LogP contribution in [0.2, 0.25) is 0 Å². The molecule has 2 heteroatoms. The Morgan fingerprint density at radius 2 is 0.607 bits per heavy atom. The molecule has 0 spiro atoms. The fraction of sp³-hybridized carbons (Fsp3) is 0. The maximum absolute atomic E-state index is 6.15. The second-order valence-corrected chi connectivity index (χ2v) is 14.5. The van der Waals surface area contributed by atoms with E-state index in [4.69, 9.17) is 4.42 Å². The molecule has 2 nitrogen and oxygen atoms in total. The van der Waals surface area contributed by atoms with Gasteiger partial charge in [0.25, 0.3) is 0 Å². The van der Waals surface area contributed by atoms with Crippen LogP contribution in [-0.4, -0.2) is 4.57 Å². The third-order valence-electron chi connectivity index (χ3n) is 11.3. The summed E-state index contributed by atoms with van der Waals surface area (Å²) in [4.78, 5) is 0. The summed E-state index contributed by atoms with van der Waals surface area (Å²) in [6.45, 7) is 0. The highest BCUT2D eigenvalue weighted by atomic mass is 16.3. The zero-order valence-corrected chi connectivity index (χ0v) is 30.6. The zero-order valence-electron chi connectivity index (χ0n) is 30.6. The van der Waals surface area contributed by atoms with Crippen molar-refractivity contribution in [2.75, 3.05) is 0 Å². The second kappa shape index (κ2) is 13.2. The topological polar surface area (TPSA) is 18.1 Å². The molecule has 2 heterocycles. The van der Waals surface area contributed by atoms with Gasteiger partial charge in [0.05, 0.1) is 11.0 Å². The summed E-state index contributed by atoms with van der Waals surface area (Å²) in [6, 6.07) is 76.5. The number of furan rings is 1. The van der Waals surface area contributed by atoms with Crippen LogP contribution in [0.15, 0.2) is 217 Å². The van der Waals surface area contributed by atoms with Crippen LogP contribution >= 0.6 is 0 Å². The van der Waals surface area contributed by atoms with Crippen molar-refractivity contribution >= 4 is 43.7 Å². The van der Waals surface area contributed by atoms with Crippen LogP contribution in [0.5, 0.6) is 0 Å². The highest BCUT2D eigenvalue weighted by molar-refractivity contribution is 6.11. The van der Waals surface area contributed by atoms with E-state index in [-0.39, 0.29) is 0 Å². The average Bonchev–Trinajstić information content (AvgIpc) is 3.82. The number of benzene rings is 9. The molecule has 0 saturated heterocycles. The van der Waals surface area contributed by atoms with Gasteiger partial charge in [0.2, 0.25) is 0 Å². The van der Waals surface area contributed by atoms with Crippen LogP contribution in [0, 0.1) is 0 Å². The molecule has 0 aliphatic carbocycles. The molecule has 0 N–H and O–H groups in total. The number of rotatable bonds is 6. The van der Waals surface area contributed by atoms with Crippen LogP contribution in [0.1, 0.15) is 0 Å². The standard InChI is InChI=1S/C54H35NO/c1-3-9-36(10-4-1)43-25-30-47-48-31-26-44(37-11-5-2-6-12-37)34-52(48)55(51(47)33-43)46-28-23-41(24-29-46)40-17-15-38(16-18-40)39-19-21-42(22-20-39)45-27-32-50-49-13-7-8-14-53(49)56-54(50)35-45/h1-35H. The minimum Gasteiger partial charge on any atom is -0.456 e. The first-order chi connectivity index (χ1) is 27.7. The van der Waals surface area contributed by atoms with Gasteiger partial charge in [-0.25, -0.2) is 0 Å². The molecule has 0 aliphatic rings. The number of hydrogen-bond donors (Lipinski definition) is 0. The lowest BCUT2D eigenvalue weighted by molar-refractivity contribution is 0.669. The highest BCUT2D eigenvalue weighted by Gasteiger charge is 2.15. The monoisotopic (exact) mass is 713 g/mol. The molecule has 11 rings (SSSR count). The summed E-state index contributed by atoms with van der Waals surface area (Å²) in [5.74, 6) is 0. The Kier molecular flexibility index (Phi) is 7.53. The summed E-state index contributed by atoms with van der Waals surface area (Å²) in [5, 5.41) is 4.80. The summed E-state index contributed by atoms with van der Waals surface area (Å²) in [7, 11) is 0. The van der Waals surface area contributed by atoms with Gasteiger partial charge < -0.3 is 8.98 Å². The third kappa shape index (κ3) is 5.51. The van der Waals surface area contributed by atoms with Gasteiger partial charge in [-0.1, -0.05) is 170 Å². The number of para-hydroxylation sites is 1. The van der Waals surface area contributed by atoms with Gasteiger partial charge in [0.15, 0.2) is 0 Å². The largest absolute Gasteiger partial charge is 0.456 e. The number of aromatic nitrogens is 1. The van der Waals surface area contributed by atoms with E-state index in [1.54, 1.807) is 0 Å². The van der Waals surface area contributed by atoms with E-state index in [0.29, 0.717) is 0 Å². The fourth-order valence-electron chi connectivity index (χ4n) is 8.34. The molecule has 0 saturated carbocycles. The van der Waals surface area contributed by atoms with E-state index in [1.165, 1.54) is 71.9 Å². The van der Waals surface area contributed by atoms with E-state index >= 15 is 0 Å². The number of nitrogens with zero attached hydrogens (tertiary/aromatic N) is 1. The van der Waals surface area contributed by atoms with E-state index in [9.17, 15) is 0 Å². The van der Waals surface area contributed by atoms with Gasteiger partial charge in [0.1, 0.15) is 11.2 Å². The molecule has 0 radical (unpaired) electrons. The molecule has 56 heavy (non-hydrogen) atoms. The zero-order chi connectivity index (χ0) is 37.0. The van der Waals surface area contributed by atoms with E-state index in [1.807, 2.05) is 12.1 Å². The predicted molar refractivity (Wildman–Crippen MR) is 235 cm³/mol. The lowest BCUT2D eigenvalue weighted by atomic mass is 9.97. The lowest BCUT2D eigenvalue weighted by Gasteiger charge is -2.12. The molecular weight excluding hydrogens is 679 g/mol. The van der Waals surface area contributed by atoms with Crippen molar-refractivity contribution in [1.29, 1.82) is 0 Å². The van der Waals surface area contributed by atoms with Crippen LogP contribution in [-0.2, 0) is 0 Å². The Morgan fingerprint density at radius 3 is 1.12 bits per heavy atom. The summed E-state index contributed by atoms with van der Waals surface area (Å²) in [5.41, 5.74) is 17.3. The molecule has 0 unspecified atom stereocenters. The van der Waals surface area contributed by atoms with Gasteiger partial charge in [-0.05, 0) is 98.1 Å². The molecule has 0 fully saturated rings. The second-order valence-electron chi connectivity index (χ2n) is 14.5. The van der Waals surface area contributed by atoms with Crippen LogP contribution in [0.3, 0.4) is 0 Å². The minimum absolute atomic E-state index is 0.917. The first-order valence-corrected chi connectivity index (χ1v) is 19.2. The first kappa shape index (κ1) is 32.0. The Morgan fingerprint density at radius 1 is 0.250 bits per heavy atom. The summed E-state index contributed by atoms with van der Waals surface area (Å²) < 4.78 is 8.58. The molecular formula is C54H35NO. The molecule has 0 atom stereocenters. The van der Waals surface area contributed by atoms with E-state index in [0.717, 1.165) is 33.2 Å². The number of fused-ring (bicyclic) bond motifs is 6. The van der Waals surface area contributed by atoms with Crippen LogP contribution in [0.4, 0.5) is 0 Å². The van der Waals surface area contributed by atoms with Crippen molar-refractivity contribution in [2.24, 2.45) is 0 Å². The Balaban J connectivity index is 0.909. The molecule has 0 aliphatic heterocycles. The molecule has 9 aromatic carbocycles. The van der Waals surface area contributed by atoms with Crippen molar-refractivity contribution in [2.45, 2.75) is 0 Å². The summed E-state index contributed by atoms with van der Waals surface area (Å²) in [6.07, 6.45) is 0. The van der Waals surface area contributed by atoms with Crippen molar-refractivity contribution in [3.05, 3.63) is 212 Å². The fourth-order valence-corrected chi connectivity index (χ4v) is 8.34. The van der Waals surface area contributed by atoms with Gasteiger partial charge in [-0.15, -0.1) is 0 Å². The normalized spacial score (nSPS) is 11.6. The van der Waals surface area contributed by atoms with Crippen molar-refractivity contribution in [3.8, 4) is 61.3 Å².